The van der Waals surface area contributed by atoms with Crippen LogP contribution in [-0.2, 0) is 19.1 Å². The number of carbonyl (C=O) groups excluding carboxylic acids is 2. The molecule has 8 nitrogen and oxygen atoms in total. The van der Waals surface area contributed by atoms with Crippen LogP contribution in [0.2, 0.25) is 5.02 Å². The molecule has 1 heterocycles. The number of carbonyl (C=O) groups is 2. The molecule has 0 saturated heterocycles. The average Bonchev–Trinajstić information content (AvgIpc) is 2.94. The lowest BCUT2D eigenvalue weighted by molar-refractivity contribution is -0.139. The van der Waals surface area contributed by atoms with Crippen LogP contribution in [0.1, 0.15) is 17.0 Å². The predicted octanol–water partition coefficient (Wildman–Crippen LogP) is 5.34. The SMILES string of the molecule is COC(=O)C1=C(C(=O)OC)N(c2cccc(Cl)c2Oc2ccc(C)cc2)C(N)=C(C#N)C1c1ccccc1. The number of para-hydroxylation sites is 1. The molecule has 38 heavy (non-hydrogen) atoms. The van der Waals surface area contributed by atoms with E-state index in [0.29, 0.717) is 11.3 Å². The number of rotatable bonds is 6. The molecule has 1 aliphatic rings. The summed E-state index contributed by atoms with van der Waals surface area (Å²) in [6.07, 6.45) is 0. The maximum Gasteiger partial charge on any atom is 0.355 e. The summed E-state index contributed by atoms with van der Waals surface area (Å²) in [5.74, 6) is -2.14. The van der Waals surface area contributed by atoms with Gasteiger partial charge < -0.3 is 19.9 Å². The molecule has 0 aliphatic carbocycles. The molecule has 0 aromatic heterocycles. The second kappa shape index (κ2) is 11.1. The monoisotopic (exact) mass is 529 g/mol. The van der Waals surface area contributed by atoms with Crippen LogP contribution in [-0.4, -0.2) is 26.2 Å². The van der Waals surface area contributed by atoms with E-state index in [2.05, 4.69) is 6.07 Å². The number of ether oxygens (including phenoxy) is 3. The third-order valence-electron chi connectivity index (χ3n) is 6.04. The van der Waals surface area contributed by atoms with E-state index < -0.39 is 17.9 Å². The van der Waals surface area contributed by atoms with Gasteiger partial charge in [-0.1, -0.05) is 65.7 Å². The zero-order valence-corrected chi connectivity index (χ0v) is 21.7. The lowest BCUT2D eigenvalue weighted by atomic mass is 9.81. The Kier molecular flexibility index (Phi) is 7.70. The number of methoxy groups -OCH3 is 2. The van der Waals surface area contributed by atoms with E-state index in [1.807, 2.05) is 19.1 Å². The van der Waals surface area contributed by atoms with Gasteiger partial charge in [0.15, 0.2) is 5.75 Å². The first kappa shape index (κ1) is 26.3. The van der Waals surface area contributed by atoms with Gasteiger partial charge in [0.2, 0.25) is 0 Å². The Bertz CT molecular complexity index is 1490. The highest BCUT2D eigenvalue weighted by atomic mass is 35.5. The molecule has 0 saturated carbocycles. The van der Waals surface area contributed by atoms with Crippen molar-refractivity contribution in [3.05, 3.63) is 112 Å². The van der Waals surface area contributed by atoms with E-state index >= 15 is 0 Å². The molecule has 3 aromatic rings. The standard InChI is InChI=1S/C29H24ClN3O5/c1-17-12-14-19(15-13-17)38-26-21(30)10-7-11-22(26)33-25(29(35)37-3)24(28(34)36-2)23(20(16-31)27(33)32)18-8-5-4-6-9-18/h4-15,23H,32H2,1-3H3. The number of nitrogens with two attached hydrogens (primary N) is 1. The first-order chi connectivity index (χ1) is 18.3. The van der Waals surface area contributed by atoms with Crippen LogP contribution >= 0.6 is 11.6 Å². The van der Waals surface area contributed by atoms with Crippen molar-refractivity contribution in [3.8, 4) is 17.6 Å². The molecule has 0 amide bonds. The van der Waals surface area contributed by atoms with Crippen molar-refractivity contribution in [2.24, 2.45) is 5.73 Å². The molecular formula is C29H24ClN3O5. The number of nitrogens with zero attached hydrogens (tertiary/aromatic N) is 2. The highest BCUT2D eigenvalue weighted by Crippen LogP contribution is 2.47. The normalized spacial score (nSPS) is 15.1. The zero-order valence-electron chi connectivity index (χ0n) is 20.9. The van der Waals surface area contributed by atoms with E-state index in [9.17, 15) is 14.9 Å². The fourth-order valence-corrected chi connectivity index (χ4v) is 4.47. The number of hydrogen-bond donors (Lipinski definition) is 1. The van der Waals surface area contributed by atoms with Crippen LogP contribution in [0.4, 0.5) is 5.69 Å². The molecule has 1 aliphatic heterocycles. The number of anilines is 1. The van der Waals surface area contributed by atoms with Crippen molar-refractivity contribution in [1.82, 2.24) is 0 Å². The highest BCUT2D eigenvalue weighted by Gasteiger charge is 2.43. The first-order valence-corrected chi connectivity index (χ1v) is 11.9. The van der Waals surface area contributed by atoms with Crippen LogP contribution in [0.25, 0.3) is 0 Å². The van der Waals surface area contributed by atoms with Gasteiger partial charge in [-0.25, -0.2) is 9.59 Å². The second-order valence-corrected chi connectivity index (χ2v) is 8.75. The molecule has 0 fully saturated rings. The van der Waals surface area contributed by atoms with Crippen molar-refractivity contribution >= 4 is 29.2 Å². The molecule has 1 unspecified atom stereocenters. The van der Waals surface area contributed by atoms with Crippen molar-refractivity contribution < 1.29 is 23.8 Å². The van der Waals surface area contributed by atoms with Gasteiger partial charge in [0.05, 0.1) is 48.1 Å². The maximum absolute atomic E-state index is 13.3. The lowest BCUT2D eigenvalue weighted by Crippen LogP contribution is -2.40. The number of benzene rings is 3. The van der Waals surface area contributed by atoms with Crippen molar-refractivity contribution in [3.63, 3.8) is 0 Å². The molecule has 0 spiro atoms. The summed E-state index contributed by atoms with van der Waals surface area (Å²) >= 11 is 6.56. The van der Waals surface area contributed by atoms with Gasteiger partial charge in [-0.05, 0) is 36.8 Å². The van der Waals surface area contributed by atoms with Gasteiger partial charge in [-0.15, -0.1) is 0 Å². The molecule has 3 aromatic carbocycles. The molecule has 0 radical (unpaired) electrons. The molecule has 4 rings (SSSR count). The number of nitriles is 1. The van der Waals surface area contributed by atoms with Crippen LogP contribution in [0.15, 0.2) is 95.5 Å². The van der Waals surface area contributed by atoms with Crippen molar-refractivity contribution in [2.45, 2.75) is 12.8 Å². The van der Waals surface area contributed by atoms with Crippen LogP contribution < -0.4 is 15.4 Å². The minimum absolute atomic E-state index is 0.0329. The van der Waals surface area contributed by atoms with E-state index in [-0.39, 0.29) is 39.1 Å². The Morgan fingerprint density at radius 3 is 2.21 bits per heavy atom. The Balaban J connectivity index is 2.03. The van der Waals surface area contributed by atoms with Crippen LogP contribution in [0, 0.1) is 18.3 Å². The third-order valence-corrected chi connectivity index (χ3v) is 6.34. The Hall–Kier alpha value is -4.74. The number of aryl methyl sites for hydroxylation is 1. The quantitative estimate of drug-likeness (QED) is 0.425. The summed E-state index contributed by atoms with van der Waals surface area (Å²) < 4.78 is 16.3. The van der Waals surface area contributed by atoms with Gasteiger partial charge in [0.25, 0.3) is 0 Å². The third kappa shape index (κ3) is 4.80. The number of halogens is 1. The summed E-state index contributed by atoms with van der Waals surface area (Å²) in [6, 6.07) is 23.0. The number of allylic oxidation sites excluding steroid dienone is 1. The van der Waals surface area contributed by atoms with Gasteiger partial charge >= 0.3 is 11.9 Å². The Morgan fingerprint density at radius 2 is 1.61 bits per heavy atom. The van der Waals surface area contributed by atoms with Gasteiger partial charge in [-0.2, -0.15) is 5.26 Å². The smallest absolute Gasteiger partial charge is 0.355 e. The second-order valence-electron chi connectivity index (χ2n) is 8.34. The Labute approximate surface area is 225 Å². The largest absolute Gasteiger partial charge is 0.466 e. The molecule has 1 atom stereocenters. The van der Waals surface area contributed by atoms with Crippen molar-refractivity contribution in [1.29, 1.82) is 5.26 Å². The predicted molar refractivity (Wildman–Crippen MR) is 142 cm³/mol. The summed E-state index contributed by atoms with van der Waals surface area (Å²) in [5, 5.41) is 10.4. The first-order valence-electron chi connectivity index (χ1n) is 11.5. The fourth-order valence-electron chi connectivity index (χ4n) is 4.26. The van der Waals surface area contributed by atoms with E-state index in [4.69, 9.17) is 31.5 Å². The minimum Gasteiger partial charge on any atom is -0.466 e. The lowest BCUT2D eigenvalue weighted by Gasteiger charge is -2.36. The minimum atomic E-state index is -0.986. The van der Waals surface area contributed by atoms with Gasteiger partial charge in [0.1, 0.15) is 17.3 Å². The zero-order chi connectivity index (χ0) is 27.4. The molecule has 192 valence electrons. The molecule has 9 heteroatoms. The van der Waals surface area contributed by atoms with Gasteiger partial charge in [0, 0.05) is 0 Å². The summed E-state index contributed by atoms with van der Waals surface area (Å²) in [5.41, 5.74) is 8.12. The molecule has 0 bridgehead atoms. The number of hydrogen-bond acceptors (Lipinski definition) is 8. The van der Waals surface area contributed by atoms with E-state index in [0.717, 1.165) is 5.56 Å². The Morgan fingerprint density at radius 1 is 0.947 bits per heavy atom. The van der Waals surface area contributed by atoms with E-state index in [1.54, 1.807) is 60.7 Å². The number of esters is 2. The average molecular weight is 530 g/mol. The fraction of sp³-hybridized carbons (Fsp3) is 0.138. The molecule has 2 N–H and O–H groups in total. The van der Waals surface area contributed by atoms with Gasteiger partial charge in [-0.3, -0.25) is 4.90 Å². The van der Waals surface area contributed by atoms with Crippen LogP contribution in [0.5, 0.6) is 11.5 Å². The summed E-state index contributed by atoms with van der Waals surface area (Å²) in [6.45, 7) is 1.94. The van der Waals surface area contributed by atoms with E-state index in [1.165, 1.54) is 19.1 Å². The van der Waals surface area contributed by atoms with Crippen LogP contribution in [0.3, 0.4) is 0 Å². The van der Waals surface area contributed by atoms with Crippen molar-refractivity contribution in [2.75, 3.05) is 19.1 Å². The summed E-state index contributed by atoms with van der Waals surface area (Å²) in [7, 11) is 2.37. The molecular weight excluding hydrogens is 506 g/mol. The topological polar surface area (TPSA) is 115 Å². The summed E-state index contributed by atoms with van der Waals surface area (Å²) in [4.78, 5) is 27.8. The maximum atomic E-state index is 13.3. The highest BCUT2D eigenvalue weighted by molar-refractivity contribution is 6.32.